The Hall–Kier alpha value is -2.87. The second-order valence-electron chi connectivity index (χ2n) is 4.75. The van der Waals surface area contributed by atoms with E-state index in [1.807, 2.05) is 16.7 Å². The highest BCUT2D eigenvalue weighted by Crippen LogP contribution is 2.36. The summed E-state index contributed by atoms with van der Waals surface area (Å²) in [6.07, 6.45) is 3.15. The van der Waals surface area contributed by atoms with E-state index in [4.69, 9.17) is 14.0 Å². The van der Waals surface area contributed by atoms with E-state index in [1.165, 1.54) is 23.6 Å². The van der Waals surface area contributed by atoms with E-state index in [2.05, 4.69) is 16.7 Å². The van der Waals surface area contributed by atoms with Crippen LogP contribution >= 0.6 is 11.3 Å². The number of benzene rings is 1. The summed E-state index contributed by atoms with van der Waals surface area (Å²) in [4.78, 5) is 16.8. The van der Waals surface area contributed by atoms with E-state index in [0.717, 1.165) is 10.2 Å². The zero-order valence-electron chi connectivity index (χ0n) is 11.9. The molecule has 0 radical (unpaired) electrons. The number of rotatable bonds is 3. The van der Waals surface area contributed by atoms with Crippen LogP contribution in [0.2, 0.25) is 0 Å². The highest BCUT2D eigenvalue weighted by molar-refractivity contribution is 7.16. The third-order valence-corrected chi connectivity index (χ3v) is 4.38. The van der Waals surface area contributed by atoms with Crippen LogP contribution in [0.1, 0.15) is 10.6 Å². The minimum atomic E-state index is -0.480. The normalized spacial score (nSPS) is 13.7. The maximum absolute atomic E-state index is 12.1. The number of aromatic nitrogens is 2. The van der Waals surface area contributed by atoms with Crippen molar-refractivity contribution in [3.63, 3.8) is 0 Å². The van der Waals surface area contributed by atoms with Gasteiger partial charge in [0.2, 0.25) is 12.6 Å². The summed E-state index contributed by atoms with van der Waals surface area (Å²) in [5, 5.41) is 3.52. The van der Waals surface area contributed by atoms with Gasteiger partial charge in [-0.3, -0.25) is 4.79 Å². The first-order valence-electron chi connectivity index (χ1n) is 6.80. The maximum atomic E-state index is 12.1. The topological polar surface area (TPSA) is 78.9 Å². The molecule has 0 fully saturated rings. The van der Waals surface area contributed by atoms with Crippen molar-refractivity contribution in [3.05, 3.63) is 47.6 Å². The largest absolute Gasteiger partial charge is 0.454 e. The molecule has 0 saturated carbocycles. The first kappa shape index (κ1) is 13.8. The Bertz CT molecular complexity index is 969. The van der Waals surface area contributed by atoms with E-state index in [9.17, 15) is 4.79 Å². The molecule has 0 spiro atoms. The molecule has 0 atom stereocenters. The van der Waals surface area contributed by atoms with E-state index in [0.29, 0.717) is 22.8 Å². The molecule has 7 nitrogen and oxygen atoms in total. The number of nitrogens with zero attached hydrogens (tertiary/aromatic N) is 3. The van der Waals surface area contributed by atoms with Gasteiger partial charge < -0.3 is 18.6 Å². The van der Waals surface area contributed by atoms with Crippen LogP contribution in [0.25, 0.3) is 10.2 Å². The summed E-state index contributed by atoms with van der Waals surface area (Å²) in [7, 11) is 0. The number of carbonyl (C=O) groups excluding carboxylic acids is 1. The molecule has 3 aromatic rings. The first-order chi connectivity index (χ1) is 11.3. The molecule has 0 bridgehead atoms. The molecule has 1 aliphatic heterocycles. The summed E-state index contributed by atoms with van der Waals surface area (Å²) in [5.74, 6) is 0.993. The average Bonchev–Trinajstić information content (AvgIpc) is 3.26. The van der Waals surface area contributed by atoms with Gasteiger partial charge in [-0.2, -0.15) is 4.99 Å². The van der Waals surface area contributed by atoms with Gasteiger partial charge in [-0.05, 0) is 0 Å². The van der Waals surface area contributed by atoms with Crippen LogP contribution < -0.4 is 14.3 Å². The zero-order chi connectivity index (χ0) is 15.8. The third kappa shape index (κ3) is 2.33. The number of hydrogen-bond acceptors (Lipinski definition) is 6. The van der Waals surface area contributed by atoms with Gasteiger partial charge in [0.1, 0.15) is 0 Å². The summed E-state index contributed by atoms with van der Waals surface area (Å²) < 4.78 is 18.5. The lowest BCUT2D eigenvalue weighted by atomic mass is 10.3. The van der Waals surface area contributed by atoms with Crippen LogP contribution in [0.5, 0.6) is 11.5 Å². The van der Waals surface area contributed by atoms with E-state index in [1.54, 1.807) is 6.08 Å². The van der Waals surface area contributed by atoms with Crippen LogP contribution in [-0.4, -0.2) is 22.4 Å². The molecular weight excluding hydrogens is 318 g/mol. The summed E-state index contributed by atoms with van der Waals surface area (Å²) in [6, 6.07) is 5.25. The van der Waals surface area contributed by atoms with Crippen molar-refractivity contribution in [2.75, 3.05) is 6.79 Å². The van der Waals surface area contributed by atoms with Crippen molar-refractivity contribution >= 4 is 27.5 Å². The van der Waals surface area contributed by atoms with Gasteiger partial charge in [-0.25, -0.2) is 0 Å². The fraction of sp³-hybridized carbons (Fsp3) is 0.133. The Morgan fingerprint density at radius 3 is 3.00 bits per heavy atom. The predicted octanol–water partition coefficient (Wildman–Crippen LogP) is 2.35. The number of amides is 1. The van der Waals surface area contributed by atoms with E-state index >= 15 is 0 Å². The molecule has 1 aromatic carbocycles. The summed E-state index contributed by atoms with van der Waals surface area (Å²) in [6.45, 7) is 4.49. The van der Waals surface area contributed by atoms with Crippen molar-refractivity contribution < 1.29 is 18.8 Å². The highest BCUT2D eigenvalue weighted by Gasteiger charge is 2.18. The van der Waals surface area contributed by atoms with Gasteiger partial charge in [0, 0.05) is 24.7 Å². The SMILES string of the molecule is C=CCn1c(=NC(=O)c2ccno2)sc2cc3c(cc21)OCO3. The minimum absolute atomic E-state index is 0.0989. The fourth-order valence-corrected chi connectivity index (χ4v) is 3.37. The molecule has 0 aliphatic carbocycles. The third-order valence-electron chi connectivity index (χ3n) is 3.33. The lowest BCUT2D eigenvalue weighted by molar-refractivity contribution is 0.0962. The zero-order valence-corrected chi connectivity index (χ0v) is 12.7. The van der Waals surface area contributed by atoms with Gasteiger partial charge in [0.15, 0.2) is 16.3 Å². The maximum Gasteiger partial charge on any atom is 0.318 e. The molecule has 1 aliphatic rings. The lowest BCUT2D eigenvalue weighted by Crippen LogP contribution is -2.16. The van der Waals surface area contributed by atoms with Gasteiger partial charge in [-0.15, -0.1) is 6.58 Å². The quantitative estimate of drug-likeness (QED) is 0.689. The number of hydrogen-bond donors (Lipinski definition) is 0. The smallest absolute Gasteiger partial charge is 0.318 e. The Labute approximate surface area is 134 Å². The van der Waals surface area contributed by atoms with Crippen molar-refractivity contribution in [2.45, 2.75) is 6.54 Å². The molecule has 0 N–H and O–H groups in total. The van der Waals surface area contributed by atoms with Crippen molar-refractivity contribution in [3.8, 4) is 11.5 Å². The van der Waals surface area contributed by atoms with Crippen LogP contribution in [0.3, 0.4) is 0 Å². The lowest BCUT2D eigenvalue weighted by Gasteiger charge is -2.01. The molecular formula is C15H11N3O4S. The van der Waals surface area contributed by atoms with Crippen LogP contribution in [0.15, 0.2) is 46.6 Å². The van der Waals surface area contributed by atoms with Gasteiger partial charge in [0.05, 0.1) is 16.4 Å². The standard InChI is InChI=1S/C15H11N3O4S/c1-2-5-18-9-6-11-12(21-8-20-11)7-13(9)23-15(18)17-14(19)10-3-4-16-22-10/h2-4,6-7H,1,5,8H2. The second-order valence-corrected chi connectivity index (χ2v) is 5.76. The molecule has 116 valence electrons. The summed E-state index contributed by atoms with van der Waals surface area (Å²) in [5.41, 5.74) is 0.906. The predicted molar refractivity (Wildman–Crippen MR) is 82.5 cm³/mol. The second kappa shape index (κ2) is 5.40. The van der Waals surface area contributed by atoms with Crippen molar-refractivity contribution in [2.24, 2.45) is 4.99 Å². The van der Waals surface area contributed by atoms with Crippen molar-refractivity contribution in [1.29, 1.82) is 0 Å². The molecule has 4 rings (SSSR count). The Morgan fingerprint density at radius 2 is 2.26 bits per heavy atom. The highest BCUT2D eigenvalue weighted by atomic mass is 32.1. The van der Waals surface area contributed by atoms with Crippen molar-refractivity contribution in [1.82, 2.24) is 9.72 Å². The minimum Gasteiger partial charge on any atom is -0.454 e. The summed E-state index contributed by atoms with van der Waals surface area (Å²) >= 11 is 1.39. The molecule has 2 aromatic heterocycles. The Balaban J connectivity index is 1.90. The fourth-order valence-electron chi connectivity index (χ4n) is 2.32. The van der Waals surface area contributed by atoms with Gasteiger partial charge in [0.25, 0.3) is 0 Å². The molecule has 1 amide bonds. The van der Waals surface area contributed by atoms with E-state index < -0.39 is 5.91 Å². The van der Waals surface area contributed by atoms with E-state index in [-0.39, 0.29) is 12.6 Å². The average molecular weight is 329 g/mol. The molecule has 3 heterocycles. The number of thiazole rings is 1. The number of carbonyl (C=O) groups is 1. The molecule has 0 unspecified atom stereocenters. The van der Waals surface area contributed by atoms with Gasteiger partial charge in [-0.1, -0.05) is 22.6 Å². The van der Waals surface area contributed by atoms with Crippen LogP contribution in [0.4, 0.5) is 0 Å². The molecule has 0 saturated heterocycles. The number of fused-ring (bicyclic) bond motifs is 2. The number of allylic oxidation sites excluding steroid dienone is 1. The molecule has 23 heavy (non-hydrogen) atoms. The van der Waals surface area contributed by atoms with Gasteiger partial charge >= 0.3 is 5.91 Å². The monoisotopic (exact) mass is 329 g/mol. The Kier molecular flexibility index (Phi) is 3.23. The number of ether oxygens (including phenoxy) is 2. The first-order valence-corrected chi connectivity index (χ1v) is 7.61. The Morgan fingerprint density at radius 1 is 1.43 bits per heavy atom. The van der Waals surface area contributed by atoms with Crippen LogP contribution in [0, 0.1) is 0 Å². The molecule has 8 heteroatoms. The van der Waals surface area contributed by atoms with Crippen LogP contribution in [-0.2, 0) is 6.54 Å².